The fourth-order valence-corrected chi connectivity index (χ4v) is 1.85. The normalized spacial score (nSPS) is 12.9. The molecule has 2 rings (SSSR count). The van der Waals surface area contributed by atoms with E-state index in [9.17, 15) is 0 Å². The van der Waals surface area contributed by atoms with Crippen LogP contribution >= 0.6 is 0 Å². The van der Waals surface area contributed by atoms with Gasteiger partial charge in [0.05, 0.1) is 0 Å². The molecule has 0 aliphatic heterocycles. The average molecular weight is 199 g/mol. The van der Waals surface area contributed by atoms with Gasteiger partial charge in [-0.2, -0.15) is 0 Å². The van der Waals surface area contributed by atoms with E-state index < -0.39 is 0 Å². The summed E-state index contributed by atoms with van der Waals surface area (Å²) in [6.45, 7) is 2.95. The zero-order chi connectivity index (χ0) is 10.7. The molecular weight excluding hydrogens is 182 g/mol. The number of nitrogens with two attached hydrogens (primary N) is 1. The van der Waals surface area contributed by atoms with E-state index in [0.717, 1.165) is 13.0 Å². The Bertz CT molecular complexity index is 448. The lowest BCUT2D eigenvalue weighted by molar-refractivity contribution is 0.593. The maximum Gasteiger partial charge on any atom is -0.00483 e. The van der Waals surface area contributed by atoms with Crippen molar-refractivity contribution in [1.29, 1.82) is 0 Å². The number of fused-ring (bicyclic) bond motifs is 1. The minimum absolute atomic E-state index is 0.561. The van der Waals surface area contributed by atoms with Crippen molar-refractivity contribution in [1.82, 2.24) is 0 Å². The largest absolute Gasteiger partial charge is 0.330 e. The topological polar surface area (TPSA) is 26.0 Å². The first-order chi connectivity index (χ1) is 7.29. The Morgan fingerprint density at radius 3 is 2.53 bits per heavy atom. The van der Waals surface area contributed by atoms with Gasteiger partial charge in [-0.15, -0.1) is 0 Å². The maximum atomic E-state index is 5.63. The Morgan fingerprint density at radius 2 is 1.80 bits per heavy atom. The van der Waals surface area contributed by atoms with Crippen LogP contribution in [0.4, 0.5) is 0 Å². The maximum absolute atomic E-state index is 5.63. The van der Waals surface area contributed by atoms with Crippen molar-refractivity contribution in [3.63, 3.8) is 0 Å². The predicted molar refractivity (Wildman–Crippen MR) is 65.9 cm³/mol. The van der Waals surface area contributed by atoms with E-state index in [0.29, 0.717) is 5.92 Å². The number of hydrogen-bond donors (Lipinski definition) is 1. The van der Waals surface area contributed by atoms with Gasteiger partial charge in [0.25, 0.3) is 0 Å². The lowest BCUT2D eigenvalue weighted by Gasteiger charge is -2.08. The summed E-state index contributed by atoms with van der Waals surface area (Å²) in [5.74, 6) is 0.561. The molecule has 0 unspecified atom stereocenters. The molecule has 0 amide bonds. The SMILES string of the molecule is C[C@@H](CN)Cc1ccc2ccccc2c1. The quantitative estimate of drug-likeness (QED) is 0.808. The fourth-order valence-electron chi connectivity index (χ4n) is 1.85. The molecule has 1 nitrogen and oxygen atoms in total. The van der Waals surface area contributed by atoms with E-state index in [1.54, 1.807) is 0 Å². The zero-order valence-corrected chi connectivity index (χ0v) is 9.11. The average Bonchev–Trinajstić information content (AvgIpc) is 2.29. The second-order valence-electron chi connectivity index (χ2n) is 4.23. The first-order valence-electron chi connectivity index (χ1n) is 5.47. The van der Waals surface area contributed by atoms with E-state index in [1.807, 2.05) is 0 Å². The molecule has 0 aromatic heterocycles. The molecule has 0 saturated carbocycles. The summed E-state index contributed by atoms with van der Waals surface area (Å²) in [7, 11) is 0. The summed E-state index contributed by atoms with van der Waals surface area (Å²) in [5.41, 5.74) is 7.01. The van der Waals surface area contributed by atoms with Gasteiger partial charge in [-0.05, 0) is 35.2 Å². The molecule has 0 aliphatic carbocycles. The first-order valence-corrected chi connectivity index (χ1v) is 5.47. The Labute approximate surface area is 90.9 Å². The molecule has 78 valence electrons. The van der Waals surface area contributed by atoms with Gasteiger partial charge in [0.1, 0.15) is 0 Å². The molecule has 0 fully saturated rings. The van der Waals surface area contributed by atoms with Crippen LogP contribution in [0, 0.1) is 5.92 Å². The fraction of sp³-hybridized carbons (Fsp3) is 0.286. The third kappa shape index (κ3) is 2.37. The molecule has 2 aromatic carbocycles. The van der Waals surface area contributed by atoms with Gasteiger partial charge in [0.2, 0.25) is 0 Å². The third-order valence-corrected chi connectivity index (χ3v) is 2.80. The van der Waals surface area contributed by atoms with E-state index >= 15 is 0 Å². The highest BCUT2D eigenvalue weighted by Gasteiger charge is 2.01. The number of hydrogen-bond acceptors (Lipinski definition) is 1. The highest BCUT2D eigenvalue weighted by Crippen LogP contribution is 2.17. The van der Waals surface area contributed by atoms with Crippen molar-refractivity contribution >= 4 is 10.8 Å². The summed E-state index contributed by atoms with van der Waals surface area (Å²) in [6.07, 6.45) is 1.07. The summed E-state index contributed by atoms with van der Waals surface area (Å²) in [6, 6.07) is 15.1. The number of benzene rings is 2. The Kier molecular flexibility index (Phi) is 3.02. The van der Waals surface area contributed by atoms with Crippen LogP contribution in [0.5, 0.6) is 0 Å². The van der Waals surface area contributed by atoms with Crippen LogP contribution in [0.2, 0.25) is 0 Å². The Balaban J connectivity index is 2.30. The monoisotopic (exact) mass is 199 g/mol. The van der Waals surface area contributed by atoms with Crippen LogP contribution in [0.3, 0.4) is 0 Å². The van der Waals surface area contributed by atoms with E-state index in [4.69, 9.17) is 5.73 Å². The molecule has 0 radical (unpaired) electrons. The van der Waals surface area contributed by atoms with E-state index in [-0.39, 0.29) is 0 Å². The molecule has 0 saturated heterocycles. The van der Waals surface area contributed by atoms with E-state index in [1.165, 1.54) is 16.3 Å². The van der Waals surface area contributed by atoms with Gasteiger partial charge < -0.3 is 5.73 Å². The highest BCUT2D eigenvalue weighted by molar-refractivity contribution is 5.82. The zero-order valence-electron chi connectivity index (χ0n) is 9.11. The minimum Gasteiger partial charge on any atom is -0.330 e. The predicted octanol–water partition coefficient (Wildman–Crippen LogP) is 2.98. The van der Waals surface area contributed by atoms with Crippen molar-refractivity contribution in [3.8, 4) is 0 Å². The van der Waals surface area contributed by atoms with Crippen molar-refractivity contribution in [2.45, 2.75) is 13.3 Å². The molecule has 1 heteroatoms. The molecule has 0 aliphatic rings. The summed E-state index contributed by atoms with van der Waals surface area (Å²) in [4.78, 5) is 0. The highest BCUT2D eigenvalue weighted by atomic mass is 14.5. The molecule has 0 spiro atoms. The summed E-state index contributed by atoms with van der Waals surface area (Å²) >= 11 is 0. The lowest BCUT2D eigenvalue weighted by atomic mass is 9.99. The van der Waals surface area contributed by atoms with Crippen LogP contribution in [-0.4, -0.2) is 6.54 Å². The van der Waals surface area contributed by atoms with Crippen LogP contribution in [0.15, 0.2) is 42.5 Å². The molecular formula is C14H17N. The van der Waals surface area contributed by atoms with Gasteiger partial charge >= 0.3 is 0 Å². The van der Waals surface area contributed by atoms with Gasteiger partial charge in [-0.3, -0.25) is 0 Å². The van der Waals surface area contributed by atoms with Gasteiger partial charge in [0, 0.05) is 0 Å². The van der Waals surface area contributed by atoms with Crippen molar-refractivity contribution in [2.24, 2.45) is 11.7 Å². The second-order valence-corrected chi connectivity index (χ2v) is 4.23. The van der Waals surface area contributed by atoms with Gasteiger partial charge in [-0.25, -0.2) is 0 Å². The molecule has 1 atom stereocenters. The van der Waals surface area contributed by atoms with Crippen LogP contribution in [-0.2, 0) is 6.42 Å². The van der Waals surface area contributed by atoms with Crippen LogP contribution in [0.1, 0.15) is 12.5 Å². The standard InChI is InChI=1S/C14H17N/c1-11(10-15)8-12-6-7-13-4-2-3-5-14(13)9-12/h2-7,9,11H,8,10,15H2,1H3/t11-/m1/s1. The van der Waals surface area contributed by atoms with Gasteiger partial charge in [-0.1, -0.05) is 49.4 Å². The Morgan fingerprint density at radius 1 is 1.07 bits per heavy atom. The summed E-state index contributed by atoms with van der Waals surface area (Å²) in [5, 5.41) is 2.63. The number of rotatable bonds is 3. The van der Waals surface area contributed by atoms with Crippen molar-refractivity contribution in [3.05, 3.63) is 48.0 Å². The van der Waals surface area contributed by atoms with Crippen molar-refractivity contribution < 1.29 is 0 Å². The second kappa shape index (κ2) is 4.45. The van der Waals surface area contributed by atoms with E-state index in [2.05, 4.69) is 49.4 Å². The summed E-state index contributed by atoms with van der Waals surface area (Å²) < 4.78 is 0. The van der Waals surface area contributed by atoms with Crippen LogP contribution < -0.4 is 5.73 Å². The Hall–Kier alpha value is -1.34. The van der Waals surface area contributed by atoms with Crippen LogP contribution in [0.25, 0.3) is 10.8 Å². The molecule has 0 heterocycles. The lowest BCUT2D eigenvalue weighted by Crippen LogP contribution is -2.12. The van der Waals surface area contributed by atoms with Crippen molar-refractivity contribution in [2.75, 3.05) is 6.54 Å². The molecule has 2 aromatic rings. The smallest absolute Gasteiger partial charge is 0.00483 e. The van der Waals surface area contributed by atoms with Gasteiger partial charge in [0.15, 0.2) is 0 Å². The third-order valence-electron chi connectivity index (χ3n) is 2.80. The minimum atomic E-state index is 0.561. The first kappa shape index (κ1) is 10.2. The molecule has 0 bridgehead atoms. The molecule has 2 N–H and O–H groups in total. The molecule has 15 heavy (non-hydrogen) atoms.